The molecule has 0 atom stereocenters. The second kappa shape index (κ2) is 4.53. The molecule has 0 unspecified atom stereocenters. The predicted octanol–water partition coefficient (Wildman–Crippen LogP) is 2.85. The second-order valence-electron chi connectivity index (χ2n) is 5.43. The molecule has 1 aromatic carbocycles. The smallest absolute Gasteiger partial charge is 0.344 e. The number of cyclic esters (lactones) is 1. The van der Waals surface area contributed by atoms with Crippen molar-refractivity contribution in [1.82, 2.24) is 0 Å². The molecule has 0 fully saturated rings. The van der Waals surface area contributed by atoms with E-state index in [9.17, 15) is 9.59 Å². The topological polar surface area (TPSA) is 52.6 Å². The highest BCUT2D eigenvalue weighted by atomic mass is 16.6. The number of hydrogen-bond donors (Lipinski definition) is 0. The van der Waals surface area contributed by atoms with Gasteiger partial charge in [0, 0.05) is 5.56 Å². The summed E-state index contributed by atoms with van der Waals surface area (Å²) in [6.07, 6.45) is 1.22. The summed E-state index contributed by atoms with van der Waals surface area (Å²) in [7, 11) is 0. The summed E-state index contributed by atoms with van der Waals surface area (Å²) in [5.41, 5.74) is 1.40. The van der Waals surface area contributed by atoms with E-state index in [1.54, 1.807) is 26.8 Å². The first-order valence-electron chi connectivity index (χ1n) is 6.05. The molecule has 4 nitrogen and oxygen atoms in total. The molecule has 1 aromatic rings. The van der Waals surface area contributed by atoms with Crippen LogP contribution in [0.3, 0.4) is 0 Å². The van der Waals surface area contributed by atoms with Crippen molar-refractivity contribution in [2.45, 2.75) is 33.3 Å². The first kappa shape index (κ1) is 13.3. The van der Waals surface area contributed by atoms with Crippen molar-refractivity contribution in [1.29, 1.82) is 0 Å². The van der Waals surface area contributed by atoms with E-state index >= 15 is 0 Å². The number of aryl methyl sites for hydroxylation is 1. The van der Waals surface area contributed by atoms with Gasteiger partial charge in [0.25, 0.3) is 0 Å². The minimum Gasteiger partial charge on any atom is -0.457 e. The highest BCUT2D eigenvalue weighted by molar-refractivity contribution is 6.06. The molecule has 19 heavy (non-hydrogen) atoms. The monoisotopic (exact) mass is 260 g/mol. The van der Waals surface area contributed by atoms with Gasteiger partial charge >= 0.3 is 11.9 Å². The van der Waals surface area contributed by atoms with Crippen molar-refractivity contribution in [3.63, 3.8) is 0 Å². The highest BCUT2D eigenvalue weighted by Gasteiger charge is 2.29. The number of carbonyl (C=O) groups excluding carboxylic acids is 2. The lowest BCUT2D eigenvalue weighted by Crippen LogP contribution is -2.22. The first-order chi connectivity index (χ1) is 8.78. The summed E-state index contributed by atoms with van der Waals surface area (Å²) in [5.74, 6) is -0.703. The summed E-state index contributed by atoms with van der Waals surface area (Å²) < 4.78 is 10.3. The molecule has 1 aliphatic heterocycles. The second-order valence-corrected chi connectivity index (χ2v) is 5.43. The third-order valence-electron chi connectivity index (χ3n) is 2.60. The fourth-order valence-electron chi connectivity index (χ4n) is 1.90. The zero-order valence-electron chi connectivity index (χ0n) is 11.4. The lowest BCUT2D eigenvalue weighted by molar-refractivity contribution is -0.148. The molecular formula is C15H16O4. The van der Waals surface area contributed by atoms with Crippen molar-refractivity contribution < 1.29 is 19.1 Å². The van der Waals surface area contributed by atoms with Crippen LogP contribution < -0.4 is 0 Å². The highest BCUT2D eigenvalue weighted by Crippen LogP contribution is 2.31. The van der Waals surface area contributed by atoms with Crippen LogP contribution in [0.15, 0.2) is 24.3 Å². The molecule has 0 bridgehead atoms. The van der Waals surface area contributed by atoms with Crippen molar-refractivity contribution in [3.8, 4) is 0 Å². The number of benzene rings is 1. The van der Waals surface area contributed by atoms with E-state index in [0.29, 0.717) is 11.1 Å². The average molecular weight is 260 g/mol. The van der Waals surface area contributed by atoms with Crippen LogP contribution in [-0.2, 0) is 14.3 Å². The zero-order chi connectivity index (χ0) is 14.2. The number of hydrogen-bond acceptors (Lipinski definition) is 4. The standard InChI is InChI=1S/C15H16O4/c1-9-6-5-7-10-11(18-14(17)13(9)10)8-12(16)19-15(2,3)4/h5-8H,1-4H3. The van der Waals surface area contributed by atoms with E-state index in [1.807, 2.05) is 19.1 Å². The molecule has 0 saturated heterocycles. The molecule has 0 radical (unpaired) electrons. The van der Waals surface area contributed by atoms with Crippen LogP contribution in [0, 0.1) is 6.92 Å². The van der Waals surface area contributed by atoms with Gasteiger partial charge in [0.1, 0.15) is 11.4 Å². The Kier molecular flexibility index (Phi) is 3.18. The van der Waals surface area contributed by atoms with Crippen molar-refractivity contribution >= 4 is 17.7 Å². The molecule has 1 aliphatic rings. The maximum Gasteiger partial charge on any atom is 0.344 e. The van der Waals surface area contributed by atoms with Crippen molar-refractivity contribution in [2.75, 3.05) is 0 Å². The summed E-state index contributed by atoms with van der Waals surface area (Å²) in [5, 5.41) is 0. The maximum absolute atomic E-state index is 11.7. The van der Waals surface area contributed by atoms with Gasteiger partial charge in [-0.2, -0.15) is 0 Å². The van der Waals surface area contributed by atoms with Crippen LogP contribution in [0.2, 0.25) is 0 Å². The van der Waals surface area contributed by atoms with Gasteiger partial charge in [0.15, 0.2) is 0 Å². The maximum atomic E-state index is 11.7. The van der Waals surface area contributed by atoms with E-state index in [4.69, 9.17) is 9.47 Å². The van der Waals surface area contributed by atoms with Crippen molar-refractivity contribution in [3.05, 3.63) is 41.0 Å². The fraction of sp³-hybridized carbons (Fsp3) is 0.333. The van der Waals surface area contributed by atoms with Gasteiger partial charge in [0.2, 0.25) is 0 Å². The third kappa shape index (κ3) is 2.84. The molecule has 2 rings (SSSR count). The van der Waals surface area contributed by atoms with Gasteiger partial charge in [-0.05, 0) is 33.3 Å². The molecule has 4 heteroatoms. The summed E-state index contributed by atoms with van der Waals surface area (Å²) >= 11 is 0. The summed E-state index contributed by atoms with van der Waals surface area (Å²) in [4.78, 5) is 23.5. The zero-order valence-corrected chi connectivity index (χ0v) is 11.4. The predicted molar refractivity (Wildman–Crippen MR) is 70.4 cm³/mol. The Bertz CT molecular complexity index is 576. The molecule has 0 aliphatic carbocycles. The van der Waals surface area contributed by atoms with Gasteiger partial charge in [-0.1, -0.05) is 18.2 Å². The minimum absolute atomic E-state index is 0.248. The van der Waals surface area contributed by atoms with Gasteiger partial charge in [0.05, 0.1) is 11.6 Å². The van der Waals surface area contributed by atoms with E-state index in [2.05, 4.69) is 0 Å². The van der Waals surface area contributed by atoms with Crippen LogP contribution in [-0.4, -0.2) is 17.5 Å². The van der Waals surface area contributed by atoms with Gasteiger partial charge in [-0.3, -0.25) is 0 Å². The Balaban J connectivity index is 2.33. The SMILES string of the molecule is Cc1cccc2c1C(=O)OC2=CC(=O)OC(C)(C)C. The molecule has 0 saturated carbocycles. The minimum atomic E-state index is -0.577. The van der Waals surface area contributed by atoms with Crippen molar-refractivity contribution in [2.24, 2.45) is 0 Å². The van der Waals surface area contributed by atoms with Crippen LogP contribution >= 0.6 is 0 Å². The van der Waals surface area contributed by atoms with Gasteiger partial charge < -0.3 is 9.47 Å². The molecule has 0 spiro atoms. The lowest BCUT2D eigenvalue weighted by Gasteiger charge is -2.18. The molecule has 1 heterocycles. The number of esters is 2. The average Bonchev–Trinajstić information content (AvgIpc) is 2.54. The molecule has 0 amide bonds. The number of carbonyl (C=O) groups is 2. The van der Waals surface area contributed by atoms with E-state index < -0.39 is 17.5 Å². The molecule has 0 N–H and O–H groups in total. The lowest BCUT2D eigenvalue weighted by atomic mass is 10.0. The van der Waals surface area contributed by atoms with Crippen LogP contribution in [0.1, 0.15) is 42.3 Å². The van der Waals surface area contributed by atoms with Crippen LogP contribution in [0.5, 0.6) is 0 Å². The Hall–Kier alpha value is -2.10. The Labute approximate surface area is 112 Å². The third-order valence-corrected chi connectivity index (χ3v) is 2.60. The molecular weight excluding hydrogens is 244 g/mol. The van der Waals surface area contributed by atoms with E-state index in [0.717, 1.165) is 5.56 Å². The van der Waals surface area contributed by atoms with E-state index in [-0.39, 0.29) is 5.76 Å². The number of rotatable bonds is 1. The Morgan fingerprint density at radius 1 is 1.32 bits per heavy atom. The normalized spacial score (nSPS) is 16.2. The van der Waals surface area contributed by atoms with Gasteiger partial charge in [-0.25, -0.2) is 9.59 Å². The Morgan fingerprint density at radius 3 is 2.63 bits per heavy atom. The van der Waals surface area contributed by atoms with E-state index in [1.165, 1.54) is 6.08 Å². The quantitative estimate of drug-likeness (QED) is 0.575. The fourth-order valence-corrected chi connectivity index (χ4v) is 1.90. The van der Waals surface area contributed by atoms with Crippen LogP contribution in [0.25, 0.3) is 5.76 Å². The number of fused-ring (bicyclic) bond motifs is 1. The molecule has 100 valence electrons. The number of ether oxygens (including phenoxy) is 2. The summed E-state index contributed by atoms with van der Waals surface area (Å²) in [6.45, 7) is 7.17. The van der Waals surface area contributed by atoms with Gasteiger partial charge in [-0.15, -0.1) is 0 Å². The molecule has 0 aromatic heterocycles. The largest absolute Gasteiger partial charge is 0.457 e. The Morgan fingerprint density at radius 2 is 2.00 bits per heavy atom. The summed E-state index contributed by atoms with van der Waals surface area (Å²) in [6, 6.07) is 5.40. The first-order valence-corrected chi connectivity index (χ1v) is 6.05. The van der Waals surface area contributed by atoms with Crippen LogP contribution in [0.4, 0.5) is 0 Å².